The molecule has 0 saturated carbocycles. The van der Waals surface area contributed by atoms with Gasteiger partial charge in [-0.05, 0) is 41.0 Å². The molecule has 20 heavy (non-hydrogen) atoms. The van der Waals surface area contributed by atoms with Gasteiger partial charge in [-0.3, -0.25) is 0 Å². The van der Waals surface area contributed by atoms with Crippen LogP contribution in [0.4, 0.5) is 13.2 Å². The molecule has 0 heterocycles. The summed E-state index contributed by atoms with van der Waals surface area (Å²) in [5, 5.41) is 1.26. The van der Waals surface area contributed by atoms with Crippen molar-refractivity contribution in [3.8, 4) is 5.75 Å². The molecular formula is C15H14ClF3O. The third-order valence-electron chi connectivity index (χ3n) is 3.11. The fourth-order valence-electron chi connectivity index (χ4n) is 2.02. The Labute approximate surface area is 120 Å². The van der Waals surface area contributed by atoms with Crippen LogP contribution in [-0.2, 0) is 0 Å². The van der Waals surface area contributed by atoms with Crippen LogP contribution in [0, 0.1) is 0 Å². The number of methoxy groups -OCH3 is 1. The summed E-state index contributed by atoms with van der Waals surface area (Å²) in [5.74, 6) is 0.741. The Morgan fingerprint density at radius 3 is 2.40 bits per heavy atom. The first-order chi connectivity index (χ1) is 9.39. The van der Waals surface area contributed by atoms with Crippen LogP contribution in [0.5, 0.6) is 5.75 Å². The zero-order valence-corrected chi connectivity index (χ0v) is 11.6. The molecule has 0 fully saturated rings. The van der Waals surface area contributed by atoms with Crippen molar-refractivity contribution in [2.75, 3.05) is 7.11 Å². The van der Waals surface area contributed by atoms with Crippen molar-refractivity contribution < 1.29 is 17.9 Å². The lowest BCUT2D eigenvalue weighted by Gasteiger charge is -2.12. The highest BCUT2D eigenvalue weighted by atomic mass is 35.5. The molecule has 1 nitrogen and oxygen atoms in total. The molecule has 0 amide bonds. The topological polar surface area (TPSA) is 9.23 Å². The van der Waals surface area contributed by atoms with Gasteiger partial charge in [-0.2, -0.15) is 13.2 Å². The second kappa shape index (κ2) is 5.92. The summed E-state index contributed by atoms with van der Waals surface area (Å²) in [6.45, 7) is 0. The van der Waals surface area contributed by atoms with Crippen molar-refractivity contribution in [1.82, 2.24) is 0 Å². The summed E-state index contributed by atoms with van der Waals surface area (Å²) in [4.78, 5) is 0. The summed E-state index contributed by atoms with van der Waals surface area (Å²) >= 11 is 6.05. The standard InChI is InChI=1S/C15H14ClF3O/c1-20-13-5-4-10-8-12(3-2-11(10)9-13)14(16)6-7-15(17,18)19/h2-5,8-9,14H,6-7H2,1H3. The van der Waals surface area contributed by atoms with Crippen LogP contribution in [0.3, 0.4) is 0 Å². The lowest BCUT2D eigenvalue weighted by Crippen LogP contribution is -2.08. The average molecular weight is 303 g/mol. The lowest BCUT2D eigenvalue weighted by atomic mass is 10.0. The number of rotatable bonds is 4. The number of halogens is 4. The first kappa shape index (κ1) is 15.0. The van der Waals surface area contributed by atoms with Crippen molar-refractivity contribution in [1.29, 1.82) is 0 Å². The Kier molecular flexibility index (Phi) is 4.43. The van der Waals surface area contributed by atoms with Gasteiger partial charge in [0.2, 0.25) is 0 Å². The Morgan fingerprint density at radius 2 is 1.75 bits per heavy atom. The Morgan fingerprint density at radius 1 is 1.10 bits per heavy atom. The normalized spacial score (nSPS) is 13.4. The maximum absolute atomic E-state index is 12.2. The molecule has 1 unspecified atom stereocenters. The van der Waals surface area contributed by atoms with E-state index < -0.39 is 18.0 Å². The predicted molar refractivity (Wildman–Crippen MR) is 74.4 cm³/mol. The number of hydrogen-bond donors (Lipinski definition) is 0. The lowest BCUT2D eigenvalue weighted by molar-refractivity contribution is -0.135. The van der Waals surface area contributed by atoms with Crippen molar-refractivity contribution in [3.63, 3.8) is 0 Å². The van der Waals surface area contributed by atoms with Gasteiger partial charge < -0.3 is 4.74 Å². The second-order valence-electron chi connectivity index (χ2n) is 4.59. The minimum Gasteiger partial charge on any atom is -0.497 e. The van der Waals surface area contributed by atoms with Gasteiger partial charge in [0.15, 0.2) is 0 Å². The molecule has 2 aromatic rings. The van der Waals surface area contributed by atoms with Gasteiger partial charge in [0, 0.05) is 6.42 Å². The van der Waals surface area contributed by atoms with E-state index in [2.05, 4.69) is 0 Å². The van der Waals surface area contributed by atoms with Crippen molar-refractivity contribution >= 4 is 22.4 Å². The van der Waals surface area contributed by atoms with Crippen LogP contribution in [0.1, 0.15) is 23.8 Å². The molecule has 2 rings (SSSR count). The molecule has 0 bridgehead atoms. The Balaban J connectivity index is 2.19. The molecule has 2 aromatic carbocycles. The van der Waals surface area contributed by atoms with E-state index >= 15 is 0 Å². The van der Waals surface area contributed by atoms with E-state index in [4.69, 9.17) is 16.3 Å². The molecule has 0 radical (unpaired) electrons. The third-order valence-corrected chi connectivity index (χ3v) is 3.58. The molecule has 0 spiro atoms. The van der Waals surface area contributed by atoms with Crippen LogP contribution in [0.2, 0.25) is 0 Å². The van der Waals surface area contributed by atoms with Gasteiger partial charge >= 0.3 is 6.18 Å². The first-order valence-corrected chi connectivity index (χ1v) is 6.61. The molecule has 0 aliphatic carbocycles. The average Bonchev–Trinajstić information content (AvgIpc) is 2.42. The largest absolute Gasteiger partial charge is 0.497 e. The summed E-state index contributed by atoms with van der Waals surface area (Å²) < 4.78 is 41.7. The molecule has 0 aromatic heterocycles. The van der Waals surface area contributed by atoms with Gasteiger partial charge in [-0.25, -0.2) is 0 Å². The van der Waals surface area contributed by atoms with E-state index in [9.17, 15) is 13.2 Å². The quantitative estimate of drug-likeness (QED) is 0.680. The molecule has 0 aliphatic heterocycles. The van der Waals surface area contributed by atoms with E-state index in [1.54, 1.807) is 13.2 Å². The Bertz CT molecular complexity index is 595. The minimum atomic E-state index is -4.17. The van der Waals surface area contributed by atoms with Crippen LogP contribution in [0.25, 0.3) is 10.8 Å². The molecule has 0 saturated heterocycles. The van der Waals surface area contributed by atoms with Crippen LogP contribution in [0.15, 0.2) is 36.4 Å². The van der Waals surface area contributed by atoms with Crippen LogP contribution < -0.4 is 4.74 Å². The second-order valence-corrected chi connectivity index (χ2v) is 5.12. The van der Waals surface area contributed by atoms with Gasteiger partial charge in [0.25, 0.3) is 0 Å². The van der Waals surface area contributed by atoms with Crippen molar-refractivity contribution in [2.45, 2.75) is 24.4 Å². The SMILES string of the molecule is COc1ccc2cc(C(Cl)CCC(F)(F)F)ccc2c1. The van der Waals surface area contributed by atoms with E-state index in [1.165, 1.54) is 0 Å². The molecule has 0 N–H and O–H groups in total. The van der Waals surface area contributed by atoms with Gasteiger partial charge in [0.1, 0.15) is 5.75 Å². The first-order valence-electron chi connectivity index (χ1n) is 6.17. The zero-order chi connectivity index (χ0) is 14.8. The summed E-state index contributed by atoms with van der Waals surface area (Å²) in [6, 6.07) is 11.0. The number of benzene rings is 2. The monoisotopic (exact) mass is 302 g/mol. The fourth-order valence-corrected chi connectivity index (χ4v) is 2.27. The maximum atomic E-state index is 12.2. The molecular weight excluding hydrogens is 289 g/mol. The third kappa shape index (κ3) is 3.79. The van der Waals surface area contributed by atoms with Gasteiger partial charge in [-0.1, -0.05) is 18.2 Å². The van der Waals surface area contributed by atoms with Gasteiger partial charge in [-0.15, -0.1) is 11.6 Å². The minimum absolute atomic E-state index is 0.118. The zero-order valence-electron chi connectivity index (χ0n) is 10.9. The molecule has 108 valence electrons. The number of fused-ring (bicyclic) bond motifs is 1. The molecule has 0 aliphatic rings. The summed E-state index contributed by atoms with van der Waals surface area (Å²) in [6.07, 6.45) is -5.16. The van der Waals surface area contributed by atoms with Crippen molar-refractivity contribution in [2.24, 2.45) is 0 Å². The van der Waals surface area contributed by atoms with Crippen LogP contribution >= 0.6 is 11.6 Å². The highest BCUT2D eigenvalue weighted by Gasteiger charge is 2.28. The fraction of sp³-hybridized carbons (Fsp3) is 0.333. The predicted octanol–water partition coefficient (Wildman–Crippen LogP) is 5.47. The smallest absolute Gasteiger partial charge is 0.389 e. The highest BCUT2D eigenvalue weighted by Crippen LogP contribution is 2.33. The Hall–Kier alpha value is -1.42. The van der Waals surface area contributed by atoms with Crippen molar-refractivity contribution in [3.05, 3.63) is 42.0 Å². The maximum Gasteiger partial charge on any atom is 0.389 e. The van der Waals surface area contributed by atoms with E-state index in [0.29, 0.717) is 5.56 Å². The van der Waals surface area contributed by atoms with E-state index in [0.717, 1.165) is 16.5 Å². The van der Waals surface area contributed by atoms with Gasteiger partial charge in [0.05, 0.1) is 12.5 Å². The molecule has 5 heteroatoms. The van der Waals surface area contributed by atoms with E-state index in [1.807, 2.05) is 30.3 Å². The number of alkyl halides is 4. The highest BCUT2D eigenvalue weighted by molar-refractivity contribution is 6.20. The number of hydrogen-bond acceptors (Lipinski definition) is 1. The van der Waals surface area contributed by atoms with Crippen LogP contribution in [-0.4, -0.2) is 13.3 Å². The number of ether oxygens (including phenoxy) is 1. The van der Waals surface area contributed by atoms with E-state index in [-0.39, 0.29) is 6.42 Å². The summed E-state index contributed by atoms with van der Waals surface area (Å²) in [7, 11) is 1.58. The molecule has 1 atom stereocenters. The summed E-state index contributed by atoms with van der Waals surface area (Å²) in [5.41, 5.74) is 0.702.